The van der Waals surface area contributed by atoms with E-state index in [0.717, 1.165) is 58.8 Å². The number of amides is 1. The maximum Gasteiger partial charge on any atom is 0.337 e. The summed E-state index contributed by atoms with van der Waals surface area (Å²) in [6.45, 7) is 6.46. The van der Waals surface area contributed by atoms with Crippen molar-refractivity contribution in [2.24, 2.45) is 5.92 Å². The highest BCUT2D eigenvalue weighted by atomic mass is 35.5. The van der Waals surface area contributed by atoms with E-state index in [0.29, 0.717) is 27.9 Å². The molecule has 0 aliphatic carbocycles. The van der Waals surface area contributed by atoms with Crippen molar-refractivity contribution in [1.82, 2.24) is 4.90 Å². The zero-order chi connectivity index (χ0) is 23.2. The van der Waals surface area contributed by atoms with Crippen molar-refractivity contribution in [2.45, 2.75) is 19.3 Å². The van der Waals surface area contributed by atoms with Crippen molar-refractivity contribution < 1.29 is 19.4 Å². The van der Waals surface area contributed by atoms with E-state index in [9.17, 15) is 14.7 Å². The highest BCUT2D eigenvalue weighted by Gasteiger charge is 2.24. The zero-order valence-electron chi connectivity index (χ0n) is 18.6. The predicted molar refractivity (Wildman–Crippen MR) is 130 cm³/mol. The van der Waals surface area contributed by atoms with E-state index >= 15 is 0 Å². The molecule has 2 aliphatic heterocycles. The summed E-state index contributed by atoms with van der Waals surface area (Å²) in [7, 11) is 0. The van der Waals surface area contributed by atoms with Crippen LogP contribution in [0, 0.1) is 5.92 Å². The number of nitrogens with zero attached hydrogens (tertiary/aromatic N) is 2. The Balaban J connectivity index is 1.36. The average molecular weight is 472 g/mol. The molecular weight excluding hydrogens is 442 g/mol. The molecular formula is C25H30ClN3O4. The summed E-state index contributed by atoms with van der Waals surface area (Å²) in [6, 6.07) is 11.7. The van der Waals surface area contributed by atoms with E-state index < -0.39 is 5.97 Å². The maximum atomic E-state index is 12.5. The first kappa shape index (κ1) is 23.5. The maximum absolute atomic E-state index is 12.5. The Morgan fingerprint density at radius 1 is 1.06 bits per heavy atom. The van der Waals surface area contributed by atoms with Gasteiger partial charge in [0.25, 0.3) is 5.91 Å². The molecule has 2 saturated heterocycles. The molecule has 2 fully saturated rings. The lowest BCUT2D eigenvalue weighted by Gasteiger charge is -2.35. The Bertz CT molecular complexity index is 985. The quantitative estimate of drug-likeness (QED) is 0.629. The molecule has 2 aromatic carbocycles. The first-order valence-corrected chi connectivity index (χ1v) is 11.9. The highest BCUT2D eigenvalue weighted by molar-refractivity contribution is 6.31. The highest BCUT2D eigenvalue weighted by Crippen LogP contribution is 2.30. The van der Waals surface area contributed by atoms with Crippen LogP contribution in [-0.4, -0.2) is 67.8 Å². The Morgan fingerprint density at radius 3 is 2.52 bits per heavy atom. The second kappa shape index (κ2) is 11.0. The number of halogens is 1. The van der Waals surface area contributed by atoms with E-state index in [-0.39, 0.29) is 11.5 Å². The van der Waals surface area contributed by atoms with E-state index in [4.69, 9.17) is 16.3 Å². The van der Waals surface area contributed by atoms with Gasteiger partial charge in [-0.2, -0.15) is 0 Å². The minimum absolute atomic E-state index is 0.200. The minimum atomic E-state index is -1.00. The molecule has 2 heterocycles. The Morgan fingerprint density at radius 2 is 1.82 bits per heavy atom. The van der Waals surface area contributed by atoms with Crippen LogP contribution >= 0.6 is 11.6 Å². The number of nitrogens with one attached hydrogen (secondary N) is 1. The van der Waals surface area contributed by atoms with E-state index in [1.807, 2.05) is 0 Å². The molecule has 0 bridgehead atoms. The molecule has 7 nitrogen and oxygen atoms in total. The first-order valence-electron chi connectivity index (χ1n) is 11.5. The molecule has 2 N–H and O–H groups in total. The molecule has 176 valence electrons. The van der Waals surface area contributed by atoms with Crippen molar-refractivity contribution in [3.8, 4) is 0 Å². The average Bonchev–Trinajstić information content (AvgIpc) is 2.84. The third-order valence-electron chi connectivity index (χ3n) is 6.48. The summed E-state index contributed by atoms with van der Waals surface area (Å²) >= 11 is 5.96. The summed E-state index contributed by atoms with van der Waals surface area (Å²) in [5.41, 5.74) is 1.77. The number of carbonyl (C=O) groups excluding carboxylic acids is 1. The van der Waals surface area contributed by atoms with Crippen LogP contribution in [0.2, 0.25) is 5.02 Å². The molecule has 8 heteroatoms. The molecule has 2 aromatic rings. The van der Waals surface area contributed by atoms with Crippen LogP contribution in [0.15, 0.2) is 42.5 Å². The van der Waals surface area contributed by atoms with Gasteiger partial charge in [-0.25, -0.2) is 4.79 Å². The van der Waals surface area contributed by atoms with Crippen molar-refractivity contribution in [3.05, 3.63) is 58.6 Å². The predicted octanol–water partition coefficient (Wildman–Crippen LogP) is 4.23. The summed E-state index contributed by atoms with van der Waals surface area (Å²) < 4.78 is 5.42. The summed E-state index contributed by atoms with van der Waals surface area (Å²) in [5, 5.41) is 13.1. The number of ether oxygens (including phenoxy) is 1. The fraction of sp³-hybridized carbons (Fsp3) is 0.440. The second-order valence-electron chi connectivity index (χ2n) is 8.67. The van der Waals surface area contributed by atoms with E-state index in [2.05, 4.69) is 15.1 Å². The Kier molecular flexibility index (Phi) is 7.85. The number of carbonyl (C=O) groups is 2. The number of piperidine rings is 1. The lowest BCUT2D eigenvalue weighted by atomic mass is 9.92. The van der Waals surface area contributed by atoms with Crippen LogP contribution in [0.3, 0.4) is 0 Å². The van der Waals surface area contributed by atoms with Crippen molar-refractivity contribution in [3.63, 3.8) is 0 Å². The number of hydrogen-bond donors (Lipinski definition) is 2. The van der Waals surface area contributed by atoms with Crippen molar-refractivity contribution >= 4 is 34.9 Å². The molecule has 1 amide bonds. The van der Waals surface area contributed by atoms with Gasteiger partial charge in [0.2, 0.25) is 0 Å². The SMILES string of the molecule is O=C(Nc1ccc(N2CCC(CCN3CCOCC3)CC2)c(C(=O)O)c1)c1cccc(Cl)c1. The molecule has 0 saturated carbocycles. The van der Waals surface area contributed by atoms with Crippen LogP contribution in [0.1, 0.15) is 40.0 Å². The van der Waals surface area contributed by atoms with Gasteiger partial charge in [-0.05, 0) is 68.1 Å². The summed E-state index contributed by atoms with van der Waals surface area (Å²) in [6.07, 6.45) is 3.28. The topological polar surface area (TPSA) is 82.1 Å². The molecule has 4 rings (SSSR count). The second-order valence-corrected chi connectivity index (χ2v) is 9.11. The number of carboxylic acids is 1. The van der Waals surface area contributed by atoms with Gasteiger partial charge in [-0.1, -0.05) is 17.7 Å². The first-order chi connectivity index (χ1) is 16.0. The molecule has 0 radical (unpaired) electrons. The standard InChI is InChI=1S/C25H30ClN3O4/c26-20-3-1-2-19(16-20)24(30)27-21-4-5-23(22(17-21)25(31)32)29-10-7-18(8-11-29)6-9-28-12-14-33-15-13-28/h1-5,16-18H,6-15H2,(H,27,30)(H,31,32). The van der Waals surface area contributed by atoms with Crippen LogP contribution in [0.5, 0.6) is 0 Å². The number of aromatic carboxylic acids is 1. The molecule has 0 unspecified atom stereocenters. The lowest BCUT2D eigenvalue weighted by Crippen LogP contribution is -2.39. The normalized spacial score (nSPS) is 17.7. The largest absolute Gasteiger partial charge is 0.478 e. The third kappa shape index (κ3) is 6.25. The number of anilines is 2. The third-order valence-corrected chi connectivity index (χ3v) is 6.72. The fourth-order valence-electron chi connectivity index (χ4n) is 4.55. The van der Waals surface area contributed by atoms with Gasteiger partial charge in [-0.15, -0.1) is 0 Å². The van der Waals surface area contributed by atoms with Gasteiger partial charge in [0.05, 0.1) is 24.5 Å². The molecule has 33 heavy (non-hydrogen) atoms. The molecule has 0 spiro atoms. The molecule has 0 atom stereocenters. The van der Waals surface area contributed by atoms with E-state index in [1.165, 1.54) is 12.5 Å². The molecule has 0 aromatic heterocycles. The number of rotatable bonds is 7. The van der Waals surface area contributed by atoms with Crippen molar-refractivity contribution in [1.29, 1.82) is 0 Å². The minimum Gasteiger partial charge on any atom is -0.478 e. The monoisotopic (exact) mass is 471 g/mol. The molecule has 2 aliphatic rings. The number of morpholine rings is 1. The summed E-state index contributed by atoms with van der Waals surface area (Å²) in [4.78, 5) is 29.1. The fourth-order valence-corrected chi connectivity index (χ4v) is 4.74. The van der Waals surface area contributed by atoms with Gasteiger partial charge in [-0.3, -0.25) is 9.69 Å². The van der Waals surface area contributed by atoms with Gasteiger partial charge >= 0.3 is 5.97 Å². The number of benzene rings is 2. The van der Waals surface area contributed by atoms with Crippen LogP contribution in [0.4, 0.5) is 11.4 Å². The Labute approximate surface area is 199 Å². The zero-order valence-corrected chi connectivity index (χ0v) is 19.4. The lowest BCUT2D eigenvalue weighted by molar-refractivity contribution is 0.0349. The van der Waals surface area contributed by atoms with Gasteiger partial charge in [0.15, 0.2) is 0 Å². The van der Waals surface area contributed by atoms with E-state index in [1.54, 1.807) is 36.4 Å². The summed E-state index contributed by atoms with van der Waals surface area (Å²) in [5.74, 6) is -0.672. The number of hydrogen-bond acceptors (Lipinski definition) is 5. The van der Waals surface area contributed by atoms with Crippen LogP contribution in [-0.2, 0) is 4.74 Å². The van der Waals surface area contributed by atoms with Gasteiger partial charge in [0, 0.05) is 42.5 Å². The van der Waals surface area contributed by atoms with Crippen LogP contribution in [0.25, 0.3) is 0 Å². The smallest absolute Gasteiger partial charge is 0.337 e. The Hall–Kier alpha value is -2.61. The van der Waals surface area contributed by atoms with Crippen molar-refractivity contribution in [2.75, 3.05) is 56.2 Å². The van der Waals surface area contributed by atoms with Gasteiger partial charge < -0.3 is 20.1 Å². The van der Waals surface area contributed by atoms with Gasteiger partial charge in [0.1, 0.15) is 0 Å². The number of carboxylic acid groups (broad SMARTS) is 1. The van der Waals surface area contributed by atoms with Crippen LogP contribution < -0.4 is 10.2 Å².